The van der Waals surface area contributed by atoms with Gasteiger partial charge < -0.3 is 15.4 Å². The SMILES string of the molecule is O=C1C[C@@H](C(=O)Nc2cc(-c3cccc(OCC(F)(F)F)c3)n(-c3ccc(F)cc3)n2)CN1. The van der Waals surface area contributed by atoms with E-state index < -0.39 is 30.4 Å². The number of anilines is 1. The normalized spacial score (nSPS) is 15.9. The Morgan fingerprint density at radius 3 is 2.61 bits per heavy atom. The van der Waals surface area contributed by atoms with E-state index >= 15 is 0 Å². The number of hydrogen-bond acceptors (Lipinski definition) is 4. The molecular formula is C22H18F4N4O3. The first kappa shape index (κ1) is 22.3. The van der Waals surface area contributed by atoms with Crippen molar-refractivity contribution in [1.29, 1.82) is 0 Å². The minimum absolute atomic E-state index is 0.00203. The molecule has 0 radical (unpaired) electrons. The third kappa shape index (κ3) is 5.48. The maximum Gasteiger partial charge on any atom is 0.422 e. The molecule has 1 saturated heterocycles. The van der Waals surface area contributed by atoms with Gasteiger partial charge in [0.25, 0.3) is 0 Å². The second-order valence-corrected chi connectivity index (χ2v) is 7.43. The summed E-state index contributed by atoms with van der Waals surface area (Å²) in [6.07, 6.45) is -4.42. The van der Waals surface area contributed by atoms with Crippen molar-refractivity contribution in [2.24, 2.45) is 5.92 Å². The number of ether oxygens (including phenoxy) is 1. The number of nitrogens with zero attached hydrogens (tertiary/aromatic N) is 2. The zero-order chi connectivity index (χ0) is 23.6. The van der Waals surface area contributed by atoms with Gasteiger partial charge in [-0.05, 0) is 36.4 Å². The van der Waals surface area contributed by atoms with Crippen molar-refractivity contribution in [1.82, 2.24) is 15.1 Å². The maximum atomic E-state index is 13.4. The number of carbonyl (C=O) groups excluding carboxylic acids is 2. The Morgan fingerprint density at radius 1 is 1.18 bits per heavy atom. The van der Waals surface area contributed by atoms with E-state index in [4.69, 9.17) is 4.74 Å². The van der Waals surface area contributed by atoms with E-state index in [1.165, 1.54) is 53.2 Å². The molecule has 3 aromatic rings. The predicted octanol–water partition coefficient (Wildman–Crippen LogP) is 3.69. The molecule has 7 nitrogen and oxygen atoms in total. The smallest absolute Gasteiger partial charge is 0.422 e. The Morgan fingerprint density at radius 2 is 1.94 bits per heavy atom. The summed E-state index contributed by atoms with van der Waals surface area (Å²) in [4.78, 5) is 23.9. The number of rotatable bonds is 6. The van der Waals surface area contributed by atoms with E-state index in [9.17, 15) is 27.2 Å². The van der Waals surface area contributed by atoms with Crippen LogP contribution in [0.25, 0.3) is 16.9 Å². The number of nitrogens with one attached hydrogen (secondary N) is 2. The van der Waals surface area contributed by atoms with Crippen molar-refractivity contribution in [2.45, 2.75) is 12.6 Å². The van der Waals surface area contributed by atoms with Crippen LogP contribution >= 0.6 is 0 Å². The van der Waals surface area contributed by atoms with E-state index in [0.717, 1.165) is 0 Å². The quantitative estimate of drug-likeness (QED) is 0.548. The number of amides is 2. The van der Waals surface area contributed by atoms with Gasteiger partial charge in [0.05, 0.1) is 17.3 Å². The standard InChI is InChI=1S/C22H18F4N4O3/c23-15-4-6-16(7-5-15)30-18(13-2-1-3-17(8-13)33-12-22(24,25)26)10-19(29-30)28-21(32)14-9-20(31)27-11-14/h1-8,10,14H,9,11-12H2,(H,27,31)(H,28,29,32)/t14-/m1/s1. The predicted molar refractivity (Wildman–Crippen MR) is 110 cm³/mol. The highest BCUT2D eigenvalue weighted by Crippen LogP contribution is 2.30. The number of halogens is 4. The fourth-order valence-corrected chi connectivity index (χ4v) is 3.36. The molecule has 2 N–H and O–H groups in total. The highest BCUT2D eigenvalue weighted by Gasteiger charge is 2.29. The lowest BCUT2D eigenvalue weighted by Gasteiger charge is -2.11. The molecule has 0 saturated carbocycles. The molecule has 1 aliphatic heterocycles. The number of aromatic nitrogens is 2. The Balaban J connectivity index is 1.66. The number of carbonyl (C=O) groups is 2. The van der Waals surface area contributed by atoms with Crippen LogP contribution in [0.2, 0.25) is 0 Å². The van der Waals surface area contributed by atoms with Crippen molar-refractivity contribution >= 4 is 17.6 Å². The van der Waals surface area contributed by atoms with Crippen LogP contribution in [0.15, 0.2) is 54.6 Å². The first-order chi connectivity index (χ1) is 15.7. The molecule has 1 aliphatic rings. The summed E-state index contributed by atoms with van der Waals surface area (Å²) in [5.74, 6) is -1.45. The highest BCUT2D eigenvalue weighted by molar-refractivity contribution is 5.97. The molecule has 0 aliphatic carbocycles. The summed E-state index contributed by atoms with van der Waals surface area (Å²) in [5, 5.41) is 9.61. The summed E-state index contributed by atoms with van der Waals surface area (Å²) in [6, 6.07) is 12.9. The van der Waals surface area contributed by atoms with E-state index in [1.807, 2.05) is 0 Å². The molecule has 1 atom stereocenters. The van der Waals surface area contributed by atoms with E-state index in [1.54, 1.807) is 6.07 Å². The number of benzene rings is 2. The van der Waals surface area contributed by atoms with Crippen molar-refractivity contribution in [2.75, 3.05) is 18.5 Å². The largest absolute Gasteiger partial charge is 0.484 e. The van der Waals surface area contributed by atoms with Gasteiger partial charge >= 0.3 is 6.18 Å². The summed E-state index contributed by atoms with van der Waals surface area (Å²) >= 11 is 0. The van der Waals surface area contributed by atoms with Crippen LogP contribution in [0.5, 0.6) is 5.75 Å². The molecule has 1 fully saturated rings. The lowest BCUT2D eigenvalue weighted by atomic mass is 10.1. The Kier molecular flexibility index (Phi) is 6.03. The molecule has 0 bridgehead atoms. The lowest BCUT2D eigenvalue weighted by molar-refractivity contribution is -0.153. The second kappa shape index (κ2) is 8.93. The molecule has 4 rings (SSSR count). The molecular weight excluding hydrogens is 444 g/mol. The average Bonchev–Trinajstić information content (AvgIpc) is 3.39. The summed E-state index contributed by atoms with van der Waals surface area (Å²) in [7, 11) is 0. The Hall–Kier alpha value is -3.89. The first-order valence-corrected chi connectivity index (χ1v) is 9.91. The monoisotopic (exact) mass is 462 g/mol. The van der Waals surface area contributed by atoms with Gasteiger partial charge in [-0.25, -0.2) is 9.07 Å². The molecule has 2 amide bonds. The molecule has 2 aromatic carbocycles. The van der Waals surface area contributed by atoms with E-state index in [-0.39, 0.29) is 30.4 Å². The summed E-state index contributed by atoms with van der Waals surface area (Å²) < 4.78 is 57.2. The van der Waals surface area contributed by atoms with Gasteiger partial charge in [0.2, 0.25) is 11.8 Å². The molecule has 172 valence electrons. The molecule has 11 heteroatoms. The van der Waals surface area contributed by atoms with Gasteiger partial charge in [-0.1, -0.05) is 12.1 Å². The van der Waals surface area contributed by atoms with Crippen LogP contribution in [0.4, 0.5) is 23.4 Å². The van der Waals surface area contributed by atoms with Crippen LogP contribution < -0.4 is 15.4 Å². The van der Waals surface area contributed by atoms with Crippen molar-refractivity contribution in [3.8, 4) is 22.7 Å². The highest BCUT2D eigenvalue weighted by atomic mass is 19.4. The number of hydrogen-bond donors (Lipinski definition) is 2. The number of alkyl halides is 3. The van der Waals surface area contributed by atoms with Crippen LogP contribution in [-0.4, -0.2) is 40.9 Å². The van der Waals surface area contributed by atoms with Crippen LogP contribution in [0, 0.1) is 11.7 Å². The van der Waals surface area contributed by atoms with Crippen LogP contribution in [0.1, 0.15) is 6.42 Å². The lowest BCUT2D eigenvalue weighted by Crippen LogP contribution is -2.24. The molecule has 0 unspecified atom stereocenters. The van der Waals surface area contributed by atoms with Crippen molar-refractivity contribution in [3.05, 3.63) is 60.4 Å². The zero-order valence-corrected chi connectivity index (χ0v) is 17.0. The first-order valence-electron chi connectivity index (χ1n) is 9.91. The third-order valence-electron chi connectivity index (χ3n) is 4.91. The fraction of sp³-hybridized carbons (Fsp3) is 0.227. The molecule has 1 aromatic heterocycles. The zero-order valence-electron chi connectivity index (χ0n) is 17.0. The third-order valence-corrected chi connectivity index (χ3v) is 4.91. The molecule has 0 spiro atoms. The van der Waals surface area contributed by atoms with E-state index in [0.29, 0.717) is 16.9 Å². The van der Waals surface area contributed by atoms with E-state index in [2.05, 4.69) is 15.7 Å². The van der Waals surface area contributed by atoms with Gasteiger partial charge in [-0.3, -0.25) is 9.59 Å². The fourth-order valence-electron chi connectivity index (χ4n) is 3.36. The van der Waals surface area contributed by atoms with Gasteiger partial charge in [-0.2, -0.15) is 13.2 Å². The Bertz CT molecular complexity index is 1180. The maximum absolute atomic E-state index is 13.4. The minimum Gasteiger partial charge on any atom is -0.484 e. The minimum atomic E-state index is -4.49. The van der Waals surface area contributed by atoms with Crippen LogP contribution in [0.3, 0.4) is 0 Å². The molecule has 2 heterocycles. The summed E-state index contributed by atoms with van der Waals surface area (Å²) in [5.41, 5.74) is 1.35. The molecule has 33 heavy (non-hydrogen) atoms. The topological polar surface area (TPSA) is 85.2 Å². The van der Waals surface area contributed by atoms with Gasteiger partial charge in [-0.15, -0.1) is 5.10 Å². The second-order valence-electron chi connectivity index (χ2n) is 7.43. The van der Waals surface area contributed by atoms with Crippen molar-refractivity contribution in [3.63, 3.8) is 0 Å². The summed E-state index contributed by atoms with van der Waals surface area (Å²) in [6.45, 7) is -1.22. The van der Waals surface area contributed by atoms with Gasteiger partial charge in [0, 0.05) is 24.6 Å². The van der Waals surface area contributed by atoms with Gasteiger partial charge in [0.15, 0.2) is 12.4 Å². The van der Waals surface area contributed by atoms with Crippen molar-refractivity contribution < 1.29 is 31.9 Å². The average molecular weight is 462 g/mol. The van der Waals surface area contributed by atoms with Crippen LogP contribution in [-0.2, 0) is 9.59 Å². The van der Waals surface area contributed by atoms with Gasteiger partial charge in [0.1, 0.15) is 11.6 Å². The Labute approximate surface area is 185 Å².